The first kappa shape index (κ1) is 19.5. The Morgan fingerprint density at radius 3 is 2.41 bits per heavy atom. The Morgan fingerprint density at radius 1 is 1.11 bits per heavy atom. The number of nitrogens with zero attached hydrogens (tertiary/aromatic N) is 4. The van der Waals surface area contributed by atoms with E-state index in [2.05, 4.69) is 54.7 Å². The number of hydrogen-bond acceptors (Lipinski definition) is 4. The van der Waals surface area contributed by atoms with Gasteiger partial charge >= 0.3 is 0 Å². The van der Waals surface area contributed by atoms with E-state index in [1.165, 1.54) is 18.4 Å². The van der Waals surface area contributed by atoms with Gasteiger partial charge in [0.1, 0.15) is 0 Å². The first-order chi connectivity index (χ1) is 13.0. The molecule has 1 fully saturated rings. The minimum absolute atomic E-state index is 0.414. The Morgan fingerprint density at radius 2 is 1.85 bits per heavy atom. The van der Waals surface area contributed by atoms with E-state index in [1.54, 1.807) is 0 Å². The lowest BCUT2D eigenvalue weighted by atomic mass is 9.87. The number of piperidine rings is 1. The van der Waals surface area contributed by atoms with Gasteiger partial charge in [0.25, 0.3) is 0 Å². The lowest BCUT2D eigenvalue weighted by Gasteiger charge is -2.33. The highest BCUT2D eigenvalue weighted by Crippen LogP contribution is 2.27. The molecule has 0 N–H and O–H groups in total. The number of likely N-dealkylation sites (tertiary alicyclic amines) is 1. The number of nitriles is 1. The molecule has 27 heavy (non-hydrogen) atoms. The van der Waals surface area contributed by atoms with Crippen molar-refractivity contribution in [1.82, 2.24) is 14.9 Å². The van der Waals surface area contributed by atoms with Gasteiger partial charge < -0.3 is 0 Å². The fraction of sp³-hybridized carbons (Fsp3) is 0.522. The van der Waals surface area contributed by atoms with Crippen LogP contribution >= 0.6 is 0 Å². The summed E-state index contributed by atoms with van der Waals surface area (Å²) in [5, 5.41) is 9.44. The van der Waals surface area contributed by atoms with Crippen molar-refractivity contribution in [2.45, 2.75) is 53.0 Å². The predicted octanol–water partition coefficient (Wildman–Crippen LogP) is 5.01. The fourth-order valence-electron chi connectivity index (χ4n) is 3.81. The molecule has 4 heteroatoms. The third-order valence-electron chi connectivity index (χ3n) is 5.77. The van der Waals surface area contributed by atoms with Crippen LogP contribution in [0.2, 0.25) is 0 Å². The maximum atomic E-state index is 9.44. The normalized spacial score (nSPS) is 16.0. The van der Waals surface area contributed by atoms with Crippen LogP contribution in [-0.4, -0.2) is 28.0 Å². The molecule has 0 aliphatic carbocycles. The summed E-state index contributed by atoms with van der Waals surface area (Å²) < 4.78 is 0. The van der Waals surface area contributed by atoms with Crippen LogP contribution in [0.25, 0.3) is 11.3 Å². The Labute approximate surface area is 163 Å². The van der Waals surface area contributed by atoms with Crippen LogP contribution in [0.1, 0.15) is 63.3 Å². The second-order valence-corrected chi connectivity index (χ2v) is 8.32. The molecule has 1 aromatic carbocycles. The van der Waals surface area contributed by atoms with Crippen LogP contribution in [-0.2, 0) is 6.54 Å². The summed E-state index contributed by atoms with van der Waals surface area (Å²) in [6.07, 6.45) is 6.23. The maximum absolute atomic E-state index is 9.44. The molecule has 0 spiro atoms. The molecule has 0 atom stereocenters. The van der Waals surface area contributed by atoms with Crippen LogP contribution < -0.4 is 0 Å². The molecule has 1 aromatic heterocycles. The Kier molecular flexibility index (Phi) is 6.23. The standard InChI is InChI=1S/C23H30N4/c1-16(2)18-7-9-27(10-8-18)15-21-13-26-23(14-25-21)22-11-19(17(3)4)5-6-20(22)12-24/h5-6,11,13-14,16-18H,7-10,15H2,1-4H3. The zero-order valence-electron chi connectivity index (χ0n) is 16.9. The van der Waals surface area contributed by atoms with Crippen LogP contribution in [0, 0.1) is 23.2 Å². The smallest absolute Gasteiger partial charge is 0.0998 e. The topological polar surface area (TPSA) is 52.8 Å². The molecular weight excluding hydrogens is 332 g/mol. The number of benzene rings is 1. The van der Waals surface area contributed by atoms with Gasteiger partial charge in [-0.3, -0.25) is 14.9 Å². The molecule has 3 rings (SSSR count). The van der Waals surface area contributed by atoms with E-state index in [1.807, 2.05) is 24.5 Å². The van der Waals surface area contributed by atoms with E-state index in [-0.39, 0.29) is 0 Å². The van der Waals surface area contributed by atoms with Gasteiger partial charge in [-0.15, -0.1) is 0 Å². The van der Waals surface area contributed by atoms with Gasteiger partial charge in [0.15, 0.2) is 0 Å². The quantitative estimate of drug-likeness (QED) is 0.750. The zero-order valence-corrected chi connectivity index (χ0v) is 16.9. The van der Waals surface area contributed by atoms with Crippen molar-refractivity contribution in [3.63, 3.8) is 0 Å². The van der Waals surface area contributed by atoms with Crippen molar-refractivity contribution in [2.24, 2.45) is 11.8 Å². The van der Waals surface area contributed by atoms with Crippen LogP contribution in [0.4, 0.5) is 0 Å². The SMILES string of the molecule is CC(C)c1ccc(C#N)c(-c2cnc(CN3CCC(C(C)C)CC3)cn2)c1. The Bertz CT molecular complexity index is 794. The molecule has 0 unspecified atom stereocenters. The minimum atomic E-state index is 0.414. The van der Waals surface area contributed by atoms with E-state index in [9.17, 15) is 5.26 Å². The molecule has 0 saturated carbocycles. The average Bonchev–Trinajstić information content (AvgIpc) is 2.68. The summed E-state index contributed by atoms with van der Waals surface area (Å²) in [6.45, 7) is 12.1. The number of rotatable bonds is 5. The van der Waals surface area contributed by atoms with E-state index in [4.69, 9.17) is 0 Å². The molecule has 4 nitrogen and oxygen atoms in total. The minimum Gasteiger partial charge on any atom is -0.297 e. The lowest BCUT2D eigenvalue weighted by Crippen LogP contribution is -2.35. The lowest BCUT2D eigenvalue weighted by molar-refractivity contribution is 0.150. The number of hydrogen-bond donors (Lipinski definition) is 0. The highest BCUT2D eigenvalue weighted by Gasteiger charge is 2.21. The van der Waals surface area contributed by atoms with Crippen LogP contribution in [0.15, 0.2) is 30.6 Å². The molecule has 0 radical (unpaired) electrons. The molecule has 2 aromatic rings. The molecule has 142 valence electrons. The highest BCUT2D eigenvalue weighted by atomic mass is 15.1. The average molecular weight is 363 g/mol. The molecule has 1 saturated heterocycles. The summed E-state index contributed by atoms with van der Waals surface area (Å²) in [5.41, 5.74) is 4.51. The van der Waals surface area contributed by atoms with Gasteiger partial charge in [-0.25, -0.2) is 0 Å². The maximum Gasteiger partial charge on any atom is 0.0998 e. The molecule has 2 heterocycles. The summed E-state index contributed by atoms with van der Waals surface area (Å²) in [5.74, 6) is 2.05. The molecule has 1 aliphatic heterocycles. The Hall–Kier alpha value is -2.25. The predicted molar refractivity (Wildman–Crippen MR) is 109 cm³/mol. The third kappa shape index (κ3) is 4.73. The Balaban J connectivity index is 1.71. The first-order valence-corrected chi connectivity index (χ1v) is 10.1. The molecular formula is C23H30N4. The van der Waals surface area contributed by atoms with Gasteiger partial charge in [-0.05, 0) is 61.4 Å². The zero-order chi connectivity index (χ0) is 19.4. The van der Waals surface area contributed by atoms with E-state index < -0.39 is 0 Å². The van der Waals surface area contributed by atoms with E-state index >= 15 is 0 Å². The molecule has 1 aliphatic rings. The van der Waals surface area contributed by atoms with Gasteiger partial charge in [0, 0.05) is 12.1 Å². The van der Waals surface area contributed by atoms with Crippen molar-refractivity contribution < 1.29 is 0 Å². The summed E-state index contributed by atoms with van der Waals surface area (Å²) in [7, 11) is 0. The fourth-order valence-corrected chi connectivity index (χ4v) is 3.81. The van der Waals surface area contributed by atoms with Crippen LogP contribution in [0.3, 0.4) is 0 Å². The monoisotopic (exact) mass is 362 g/mol. The van der Waals surface area contributed by atoms with Crippen molar-refractivity contribution in [2.75, 3.05) is 13.1 Å². The number of aromatic nitrogens is 2. The van der Waals surface area contributed by atoms with Crippen molar-refractivity contribution in [1.29, 1.82) is 5.26 Å². The summed E-state index contributed by atoms with van der Waals surface area (Å²) in [4.78, 5) is 11.7. The molecule has 0 bridgehead atoms. The second kappa shape index (κ2) is 8.63. The van der Waals surface area contributed by atoms with Crippen molar-refractivity contribution in [3.05, 3.63) is 47.4 Å². The van der Waals surface area contributed by atoms with Gasteiger partial charge in [-0.1, -0.05) is 33.8 Å². The van der Waals surface area contributed by atoms with Crippen molar-refractivity contribution >= 4 is 0 Å². The van der Waals surface area contributed by atoms with Crippen LogP contribution in [0.5, 0.6) is 0 Å². The largest absolute Gasteiger partial charge is 0.297 e. The first-order valence-electron chi connectivity index (χ1n) is 10.1. The summed E-state index contributed by atoms with van der Waals surface area (Å²) >= 11 is 0. The van der Waals surface area contributed by atoms with Gasteiger partial charge in [-0.2, -0.15) is 5.26 Å². The molecule has 0 amide bonds. The van der Waals surface area contributed by atoms with E-state index in [0.29, 0.717) is 11.5 Å². The summed E-state index contributed by atoms with van der Waals surface area (Å²) in [6, 6.07) is 8.26. The van der Waals surface area contributed by atoms with Crippen molar-refractivity contribution in [3.8, 4) is 17.3 Å². The second-order valence-electron chi connectivity index (χ2n) is 8.32. The highest BCUT2D eigenvalue weighted by molar-refractivity contribution is 5.67. The van der Waals surface area contributed by atoms with E-state index in [0.717, 1.165) is 48.4 Å². The van der Waals surface area contributed by atoms with Gasteiger partial charge in [0.05, 0.1) is 35.4 Å². The third-order valence-corrected chi connectivity index (χ3v) is 5.77. The van der Waals surface area contributed by atoms with Gasteiger partial charge in [0.2, 0.25) is 0 Å².